The summed E-state index contributed by atoms with van der Waals surface area (Å²) in [5.74, 6) is -0.196. The fraction of sp³-hybridized carbons (Fsp3) is 0.529. The van der Waals surface area contributed by atoms with Crippen molar-refractivity contribution in [3.63, 3.8) is 0 Å². The summed E-state index contributed by atoms with van der Waals surface area (Å²) in [6, 6.07) is 6.94. The molecule has 1 unspecified atom stereocenters. The predicted molar refractivity (Wildman–Crippen MR) is 89.5 cm³/mol. The fourth-order valence-corrected chi connectivity index (χ4v) is 2.30. The van der Waals surface area contributed by atoms with Crippen LogP contribution < -0.4 is 16.0 Å². The lowest BCUT2D eigenvalue weighted by molar-refractivity contribution is -0.117. The number of hydrogen-bond donors (Lipinski definition) is 3. The van der Waals surface area contributed by atoms with Crippen molar-refractivity contribution in [2.45, 2.75) is 38.8 Å². The molecule has 0 spiro atoms. The van der Waals surface area contributed by atoms with Crippen molar-refractivity contribution in [3.8, 4) is 0 Å². The van der Waals surface area contributed by atoms with Crippen LogP contribution in [0.4, 0.5) is 5.69 Å². The Labute approximate surface area is 137 Å². The van der Waals surface area contributed by atoms with E-state index in [1.165, 1.54) is 0 Å². The molecule has 0 radical (unpaired) electrons. The second-order valence-corrected chi connectivity index (χ2v) is 6.76. The number of hydrogen-bond acceptors (Lipinski definition) is 4. The van der Waals surface area contributed by atoms with Crippen molar-refractivity contribution in [2.75, 3.05) is 25.1 Å². The highest BCUT2D eigenvalue weighted by molar-refractivity contribution is 5.96. The van der Waals surface area contributed by atoms with E-state index in [1.807, 2.05) is 20.8 Å². The van der Waals surface area contributed by atoms with E-state index in [-0.39, 0.29) is 23.4 Å². The molecule has 1 fully saturated rings. The third-order valence-electron chi connectivity index (χ3n) is 3.35. The number of ether oxygens (including phenoxy) is 1. The first kappa shape index (κ1) is 17.4. The van der Waals surface area contributed by atoms with Gasteiger partial charge < -0.3 is 20.7 Å². The van der Waals surface area contributed by atoms with Crippen molar-refractivity contribution < 1.29 is 14.3 Å². The molecule has 1 aliphatic rings. The van der Waals surface area contributed by atoms with E-state index in [0.717, 1.165) is 6.54 Å². The number of carbonyl (C=O) groups excluding carboxylic acids is 2. The summed E-state index contributed by atoms with van der Waals surface area (Å²) < 4.78 is 5.33. The topological polar surface area (TPSA) is 79.5 Å². The van der Waals surface area contributed by atoms with E-state index in [0.29, 0.717) is 30.9 Å². The number of morpholine rings is 1. The van der Waals surface area contributed by atoms with Gasteiger partial charge in [0.05, 0.1) is 13.2 Å². The Balaban J connectivity index is 1.86. The summed E-state index contributed by atoms with van der Waals surface area (Å²) in [6.45, 7) is 7.82. The van der Waals surface area contributed by atoms with Crippen molar-refractivity contribution in [1.29, 1.82) is 0 Å². The van der Waals surface area contributed by atoms with Crippen LogP contribution in [0.2, 0.25) is 0 Å². The summed E-state index contributed by atoms with van der Waals surface area (Å²) in [4.78, 5) is 24.0. The van der Waals surface area contributed by atoms with Gasteiger partial charge in [-0.15, -0.1) is 0 Å². The third-order valence-corrected chi connectivity index (χ3v) is 3.35. The minimum atomic E-state index is -0.279. The van der Waals surface area contributed by atoms with Gasteiger partial charge in [-0.05, 0) is 45.0 Å². The van der Waals surface area contributed by atoms with Crippen LogP contribution in [-0.4, -0.2) is 43.2 Å². The molecular formula is C17H25N3O3. The van der Waals surface area contributed by atoms with Gasteiger partial charge in [0.1, 0.15) is 0 Å². The first-order chi connectivity index (χ1) is 10.8. The molecule has 126 valence electrons. The zero-order valence-electron chi connectivity index (χ0n) is 13.9. The molecule has 1 aromatic carbocycles. The van der Waals surface area contributed by atoms with Crippen LogP contribution in [0.1, 0.15) is 37.6 Å². The number of amides is 2. The number of benzene rings is 1. The monoisotopic (exact) mass is 319 g/mol. The highest BCUT2D eigenvalue weighted by Crippen LogP contribution is 2.12. The highest BCUT2D eigenvalue weighted by Gasteiger charge is 2.17. The Morgan fingerprint density at radius 2 is 1.96 bits per heavy atom. The van der Waals surface area contributed by atoms with E-state index in [2.05, 4.69) is 16.0 Å². The lowest BCUT2D eigenvalue weighted by Gasteiger charge is -2.23. The Morgan fingerprint density at radius 3 is 2.52 bits per heavy atom. The highest BCUT2D eigenvalue weighted by atomic mass is 16.5. The molecule has 0 aromatic heterocycles. The van der Waals surface area contributed by atoms with Gasteiger partial charge in [0.2, 0.25) is 5.91 Å². The van der Waals surface area contributed by atoms with Crippen LogP contribution in [0.25, 0.3) is 0 Å². The van der Waals surface area contributed by atoms with E-state index in [9.17, 15) is 9.59 Å². The van der Waals surface area contributed by atoms with Gasteiger partial charge in [0, 0.05) is 35.8 Å². The Kier molecular flexibility index (Phi) is 5.74. The maximum absolute atomic E-state index is 12.0. The van der Waals surface area contributed by atoms with E-state index in [4.69, 9.17) is 4.74 Å². The van der Waals surface area contributed by atoms with Crippen LogP contribution in [0.5, 0.6) is 0 Å². The maximum atomic E-state index is 12.0. The molecule has 1 heterocycles. The third kappa shape index (κ3) is 6.00. The van der Waals surface area contributed by atoms with Crippen LogP contribution in [0.15, 0.2) is 24.3 Å². The minimum absolute atomic E-state index is 0.0561. The first-order valence-corrected chi connectivity index (χ1v) is 7.87. The van der Waals surface area contributed by atoms with Gasteiger partial charge in [-0.3, -0.25) is 9.59 Å². The fourth-order valence-electron chi connectivity index (χ4n) is 2.30. The molecule has 1 atom stereocenters. The lowest BCUT2D eigenvalue weighted by Crippen LogP contribution is -2.43. The van der Waals surface area contributed by atoms with E-state index < -0.39 is 0 Å². The number of carbonyl (C=O) groups is 2. The molecule has 2 rings (SSSR count). The van der Waals surface area contributed by atoms with Crippen molar-refractivity contribution in [2.24, 2.45) is 0 Å². The molecule has 1 aliphatic heterocycles. The predicted octanol–water partition coefficient (Wildman–Crippen LogP) is 1.53. The zero-order chi connectivity index (χ0) is 16.9. The zero-order valence-corrected chi connectivity index (χ0v) is 13.9. The Hall–Kier alpha value is -1.92. The molecule has 1 aromatic rings. The molecule has 0 aliphatic carbocycles. The van der Waals surface area contributed by atoms with Crippen LogP contribution in [0.3, 0.4) is 0 Å². The smallest absolute Gasteiger partial charge is 0.251 e. The quantitative estimate of drug-likeness (QED) is 0.786. The second-order valence-electron chi connectivity index (χ2n) is 6.76. The molecule has 0 saturated carbocycles. The summed E-state index contributed by atoms with van der Waals surface area (Å²) in [5.41, 5.74) is 0.971. The molecule has 6 heteroatoms. The first-order valence-electron chi connectivity index (χ1n) is 7.87. The maximum Gasteiger partial charge on any atom is 0.251 e. The van der Waals surface area contributed by atoms with Crippen LogP contribution in [0, 0.1) is 0 Å². The van der Waals surface area contributed by atoms with Gasteiger partial charge >= 0.3 is 0 Å². The van der Waals surface area contributed by atoms with Crippen molar-refractivity contribution >= 4 is 17.5 Å². The molecule has 6 nitrogen and oxygen atoms in total. The van der Waals surface area contributed by atoms with Crippen LogP contribution in [-0.2, 0) is 9.53 Å². The number of anilines is 1. The lowest BCUT2D eigenvalue weighted by atomic mass is 10.1. The largest absolute Gasteiger partial charge is 0.378 e. The summed E-state index contributed by atoms with van der Waals surface area (Å²) >= 11 is 0. The molecule has 2 amide bonds. The van der Waals surface area contributed by atoms with Gasteiger partial charge in [-0.25, -0.2) is 0 Å². The normalized spacial score (nSPS) is 18.3. The standard InChI is InChI=1S/C17H25N3O3/c1-17(2,3)20-16(22)12-4-6-13(7-5-12)19-15(21)10-14-11-23-9-8-18-14/h4-7,14,18H,8-11H2,1-3H3,(H,19,21)(H,20,22). The van der Waals surface area contributed by atoms with E-state index in [1.54, 1.807) is 24.3 Å². The molecule has 23 heavy (non-hydrogen) atoms. The summed E-state index contributed by atoms with van der Waals surface area (Å²) in [6.07, 6.45) is 0.367. The SMILES string of the molecule is CC(C)(C)NC(=O)c1ccc(NC(=O)CC2COCCN2)cc1. The van der Waals surface area contributed by atoms with Crippen LogP contribution >= 0.6 is 0 Å². The number of nitrogens with one attached hydrogen (secondary N) is 3. The summed E-state index contributed by atoms with van der Waals surface area (Å²) in [5, 5.41) is 8.98. The van der Waals surface area contributed by atoms with Gasteiger partial charge in [0.15, 0.2) is 0 Å². The van der Waals surface area contributed by atoms with Crippen molar-refractivity contribution in [1.82, 2.24) is 10.6 Å². The Morgan fingerprint density at radius 1 is 1.26 bits per heavy atom. The van der Waals surface area contributed by atoms with E-state index >= 15 is 0 Å². The second kappa shape index (κ2) is 7.57. The molecular weight excluding hydrogens is 294 g/mol. The molecule has 1 saturated heterocycles. The Bertz CT molecular complexity index is 543. The molecule has 3 N–H and O–H groups in total. The average Bonchev–Trinajstić information content (AvgIpc) is 2.47. The van der Waals surface area contributed by atoms with Gasteiger partial charge in [-0.2, -0.15) is 0 Å². The van der Waals surface area contributed by atoms with Gasteiger partial charge in [-0.1, -0.05) is 0 Å². The van der Waals surface area contributed by atoms with Crippen molar-refractivity contribution in [3.05, 3.63) is 29.8 Å². The summed E-state index contributed by atoms with van der Waals surface area (Å²) in [7, 11) is 0. The number of rotatable bonds is 4. The average molecular weight is 319 g/mol. The minimum Gasteiger partial charge on any atom is -0.378 e. The molecule has 0 bridgehead atoms. The van der Waals surface area contributed by atoms with Gasteiger partial charge in [0.25, 0.3) is 5.91 Å².